The van der Waals surface area contributed by atoms with Crippen molar-refractivity contribution in [3.63, 3.8) is 0 Å². The predicted octanol–water partition coefficient (Wildman–Crippen LogP) is 4.35. The lowest BCUT2D eigenvalue weighted by molar-refractivity contribution is -0.131. The summed E-state index contributed by atoms with van der Waals surface area (Å²) in [5.74, 6) is 0.0275. The molecule has 1 unspecified atom stereocenters. The van der Waals surface area contributed by atoms with Crippen molar-refractivity contribution in [2.75, 3.05) is 13.1 Å². The van der Waals surface area contributed by atoms with Crippen LogP contribution in [-0.2, 0) is 11.3 Å². The number of rotatable bonds is 6. The quantitative estimate of drug-likeness (QED) is 0.256. The fourth-order valence-electron chi connectivity index (χ4n) is 4.77. The molecule has 0 radical (unpaired) electrons. The topological polar surface area (TPSA) is 81.2 Å². The number of likely N-dealkylation sites (tertiary alicyclic amines) is 1. The summed E-state index contributed by atoms with van der Waals surface area (Å²) in [6.45, 7) is 3.58. The molecule has 1 saturated heterocycles. The van der Waals surface area contributed by atoms with Crippen LogP contribution in [0, 0.1) is 0 Å². The maximum atomic E-state index is 13.8. The summed E-state index contributed by atoms with van der Waals surface area (Å²) >= 11 is 1.35. The van der Waals surface area contributed by atoms with Crippen LogP contribution in [0.1, 0.15) is 30.6 Å². The van der Waals surface area contributed by atoms with E-state index in [0.29, 0.717) is 35.7 Å². The molecule has 0 spiro atoms. The fraction of sp³-hybridized carbons (Fsp3) is 0.296. The van der Waals surface area contributed by atoms with E-state index in [1.54, 1.807) is 4.57 Å². The second kappa shape index (κ2) is 9.60. The van der Waals surface area contributed by atoms with Gasteiger partial charge in [-0.05, 0) is 48.2 Å². The van der Waals surface area contributed by atoms with Gasteiger partial charge in [-0.25, -0.2) is 4.98 Å². The Bertz CT molecular complexity index is 1400. The van der Waals surface area contributed by atoms with Crippen molar-refractivity contribution < 1.29 is 4.79 Å². The Kier molecular flexibility index (Phi) is 6.39. The average Bonchev–Trinajstić information content (AvgIpc) is 3.36. The highest BCUT2D eigenvalue weighted by atomic mass is 32.2. The number of hydrogen-bond donors (Lipinski definition) is 1. The highest BCUT2D eigenvalue weighted by Gasteiger charge is 2.34. The minimum absolute atomic E-state index is 0.0275. The van der Waals surface area contributed by atoms with Gasteiger partial charge >= 0.3 is 0 Å². The van der Waals surface area contributed by atoms with Crippen LogP contribution >= 0.6 is 11.8 Å². The van der Waals surface area contributed by atoms with Crippen LogP contribution < -0.4 is 11.3 Å². The average molecular weight is 473 g/mol. The lowest BCUT2D eigenvalue weighted by Crippen LogP contribution is -2.42. The van der Waals surface area contributed by atoms with E-state index >= 15 is 0 Å². The van der Waals surface area contributed by atoms with Crippen molar-refractivity contribution in [3.8, 4) is 0 Å². The van der Waals surface area contributed by atoms with Crippen LogP contribution in [0.2, 0.25) is 0 Å². The van der Waals surface area contributed by atoms with Crippen LogP contribution in [0.25, 0.3) is 21.7 Å². The van der Waals surface area contributed by atoms with Crippen molar-refractivity contribution in [1.29, 1.82) is 0 Å². The van der Waals surface area contributed by atoms with Crippen molar-refractivity contribution in [1.82, 2.24) is 14.5 Å². The first-order valence-electron chi connectivity index (χ1n) is 11.8. The summed E-state index contributed by atoms with van der Waals surface area (Å²) in [6, 6.07) is 21.6. The van der Waals surface area contributed by atoms with Gasteiger partial charge in [-0.3, -0.25) is 14.2 Å². The number of hydrogen-bond acceptors (Lipinski definition) is 5. The van der Waals surface area contributed by atoms with E-state index in [2.05, 4.69) is 0 Å². The number of nitrogens with zero attached hydrogens (tertiary/aromatic N) is 3. The Morgan fingerprint density at radius 3 is 2.53 bits per heavy atom. The first kappa shape index (κ1) is 22.6. The zero-order valence-corrected chi connectivity index (χ0v) is 20.0. The van der Waals surface area contributed by atoms with Crippen molar-refractivity contribution in [3.05, 3.63) is 82.6 Å². The van der Waals surface area contributed by atoms with Gasteiger partial charge in [0, 0.05) is 25.7 Å². The molecule has 2 N–H and O–H groups in total. The van der Waals surface area contributed by atoms with E-state index in [1.165, 1.54) is 11.8 Å². The van der Waals surface area contributed by atoms with Crippen LogP contribution in [0.4, 0.5) is 0 Å². The molecule has 2 heterocycles. The highest BCUT2D eigenvalue weighted by molar-refractivity contribution is 8.00. The summed E-state index contributed by atoms with van der Waals surface area (Å²) in [4.78, 5) is 34.1. The van der Waals surface area contributed by atoms with Crippen LogP contribution in [0.15, 0.2) is 76.7 Å². The lowest BCUT2D eigenvalue weighted by Gasteiger charge is -2.28. The molecule has 0 bridgehead atoms. The van der Waals surface area contributed by atoms with E-state index in [-0.39, 0.29) is 17.5 Å². The molecule has 3 aromatic carbocycles. The Morgan fingerprint density at radius 2 is 1.82 bits per heavy atom. The minimum Gasteiger partial charge on any atom is -0.337 e. The number of nitrogens with two attached hydrogens (primary N) is 1. The van der Waals surface area contributed by atoms with E-state index in [1.807, 2.05) is 78.6 Å². The van der Waals surface area contributed by atoms with Gasteiger partial charge in [-0.2, -0.15) is 0 Å². The highest BCUT2D eigenvalue weighted by Crippen LogP contribution is 2.38. The molecule has 1 aromatic heterocycles. The largest absolute Gasteiger partial charge is 0.337 e. The number of benzene rings is 3. The van der Waals surface area contributed by atoms with Gasteiger partial charge in [0.25, 0.3) is 5.56 Å². The Balaban J connectivity index is 1.62. The molecule has 1 amide bonds. The first-order valence-corrected chi connectivity index (χ1v) is 12.6. The summed E-state index contributed by atoms with van der Waals surface area (Å²) in [5.41, 5.74) is 7.43. The van der Waals surface area contributed by atoms with E-state index in [9.17, 15) is 9.59 Å². The first-order chi connectivity index (χ1) is 16.6. The molecule has 5 rings (SSSR count). The zero-order valence-electron chi connectivity index (χ0n) is 19.2. The Hall–Kier alpha value is -3.16. The van der Waals surface area contributed by atoms with Gasteiger partial charge in [-0.1, -0.05) is 66.4 Å². The summed E-state index contributed by atoms with van der Waals surface area (Å²) in [5, 5.41) is 2.69. The van der Waals surface area contributed by atoms with Gasteiger partial charge in [0.1, 0.15) is 5.25 Å². The second-order valence-corrected chi connectivity index (χ2v) is 9.70. The molecule has 1 fully saturated rings. The van der Waals surface area contributed by atoms with E-state index < -0.39 is 5.25 Å². The van der Waals surface area contributed by atoms with E-state index in [0.717, 1.165) is 29.2 Å². The molecule has 0 saturated carbocycles. The fourth-order valence-corrected chi connectivity index (χ4v) is 6.00. The van der Waals surface area contributed by atoms with Gasteiger partial charge < -0.3 is 10.6 Å². The zero-order chi connectivity index (χ0) is 23.7. The van der Waals surface area contributed by atoms with Crippen molar-refractivity contribution in [2.24, 2.45) is 5.73 Å². The molecular weight excluding hydrogens is 444 g/mol. The summed E-state index contributed by atoms with van der Waals surface area (Å²) in [6.07, 6.45) is 1.89. The molecule has 4 aromatic rings. The van der Waals surface area contributed by atoms with Crippen LogP contribution in [0.3, 0.4) is 0 Å². The lowest BCUT2D eigenvalue weighted by atomic mass is 10.1. The van der Waals surface area contributed by atoms with Crippen LogP contribution in [-0.4, -0.2) is 39.5 Å². The molecule has 6 nitrogen and oxygen atoms in total. The van der Waals surface area contributed by atoms with Crippen molar-refractivity contribution >= 4 is 39.3 Å². The second-order valence-electron chi connectivity index (χ2n) is 8.63. The summed E-state index contributed by atoms with van der Waals surface area (Å²) in [7, 11) is 0. The number of thioether (sulfide) groups is 1. The molecular formula is C27H28N4O2S. The molecule has 1 aliphatic rings. The van der Waals surface area contributed by atoms with Gasteiger partial charge in [0.2, 0.25) is 5.91 Å². The Morgan fingerprint density at radius 1 is 1.12 bits per heavy atom. The monoisotopic (exact) mass is 472 g/mol. The molecule has 7 heteroatoms. The molecule has 174 valence electrons. The number of fused-ring (bicyclic) bond motifs is 2. The maximum Gasteiger partial charge on any atom is 0.262 e. The number of amides is 1. The molecule has 0 aliphatic carbocycles. The number of carbonyl (C=O) groups excluding carboxylic acids is 1. The van der Waals surface area contributed by atoms with Gasteiger partial charge in [-0.15, -0.1) is 0 Å². The van der Waals surface area contributed by atoms with Gasteiger partial charge in [0.15, 0.2) is 5.16 Å². The number of aromatic nitrogens is 2. The Labute approximate surface area is 202 Å². The SMILES string of the molecule is CCn1c(SC(C(=O)N2CCC[C@@H]2CN)c2ccccc2)nc2cc3ccccc3cc2c1=O. The third-order valence-corrected chi connectivity index (χ3v) is 7.82. The maximum absolute atomic E-state index is 13.8. The standard InChI is InChI=1S/C27H28N4O2S/c1-2-30-25(32)22-15-19-11-6-7-12-20(19)16-23(22)29-27(30)34-24(18-9-4-3-5-10-18)26(33)31-14-8-13-21(31)17-28/h3-7,9-12,15-16,21,24H,2,8,13-14,17,28H2,1H3/t21-,24?/m1/s1. The van der Waals surface area contributed by atoms with Crippen LogP contribution in [0.5, 0.6) is 0 Å². The third-order valence-electron chi connectivity index (χ3n) is 6.58. The molecule has 34 heavy (non-hydrogen) atoms. The normalized spacial score (nSPS) is 16.9. The predicted molar refractivity (Wildman–Crippen MR) is 138 cm³/mol. The van der Waals surface area contributed by atoms with Gasteiger partial charge in [0.05, 0.1) is 10.9 Å². The minimum atomic E-state index is -0.504. The van der Waals surface area contributed by atoms with E-state index in [4.69, 9.17) is 10.7 Å². The third kappa shape index (κ3) is 4.10. The summed E-state index contributed by atoms with van der Waals surface area (Å²) < 4.78 is 1.68. The molecule has 1 aliphatic heterocycles. The van der Waals surface area contributed by atoms with Crippen molar-refractivity contribution in [2.45, 2.75) is 42.8 Å². The number of carbonyl (C=O) groups is 1. The molecule has 2 atom stereocenters. The smallest absolute Gasteiger partial charge is 0.262 e.